The second kappa shape index (κ2) is 5.90. The van der Waals surface area contributed by atoms with Crippen LogP contribution < -0.4 is 11.1 Å². The lowest BCUT2D eigenvalue weighted by Crippen LogP contribution is -2.57. The second-order valence-corrected chi connectivity index (χ2v) is 5.87. The van der Waals surface area contributed by atoms with E-state index < -0.39 is 5.54 Å². The molecule has 2 fully saturated rings. The van der Waals surface area contributed by atoms with Crippen molar-refractivity contribution >= 4 is 11.8 Å². The zero-order chi connectivity index (χ0) is 13.9. The number of nitrogens with zero attached hydrogens (tertiary/aromatic N) is 1. The predicted octanol–water partition coefficient (Wildman–Crippen LogP) is 0.775. The van der Waals surface area contributed by atoms with Crippen LogP contribution in [0.15, 0.2) is 0 Å². The van der Waals surface area contributed by atoms with E-state index in [1.54, 1.807) is 0 Å². The van der Waals surface area contributed by atoms with Gasteiger partial charge in [-0.05, 0) is 19.3 Å². The number of nitrogens with one attached hydrogen (secondary N) is 1. The van der Waals surface area contributed by atoms with Gasteiger partial charge >= 0.3 is 0 Å². The Labute approximate surface area is 114 Å². The molecule has 2 rings (SSSR count). The Morgan fingerprint density at radius 3 is 2.63 bits per heavy atom. The van der Waals surface area contributed by atoms with E-state index in [1.807, 2.05) is 11.8 Å². The van der Waals surface area contributed by atoms with E-state index >= 15 is 0 Å². The van der Waals surface area contributed by atoms with E-state index in [0.29, 0.717) is 13.0 Å². The topological polar surface area (TPSA) is 75.4 Å². The molecule has 0 bridgehead atoms. The summed E-state index contributed by atoms with van der Waals surface area (Å²) in [7, 11) is 0. The molecule has 0 aromatic rings. The Kier molecular flexibility index (Phi) is 4.45. The van der Waals surface area contributed by atoms with E-state index in [1.165, 1.54) is 6.42 Å². The third kappa shape index (κ3) is 3.26. The molecule has 5 nitrogen and oxygen atoms in total. The van der Waals surface area contributed by atoms with Crippen LogP contribution in [0.1, 0.15) is 51.9 Å². The van der Waals surface area contributed by atoms with Crippen LogP contribution in [0.2, 0.25) is 0 Å². The van der Waals surface area contributed by atoms with E-state index in [2.05, 4.69) is 5.32 Å². The quantitative estimate of drug-likeness (QED) is 0.793. The Hall–Kier alpha value is -1.10. The van der Waals surface area contributed by atoms with Gasteiger partial charge in [0.15, 0.2) is 0 Å². The fourth-order valence-electron chi connectivity index (χ4n) is 3.07. The fraction of sp³-hybridized carbons (Fsp3) is 0.857. The minimum absolute atomic E-state index is 0.0250. The van der Waals surface area contributed by atoms with Crippen LogP contribution in [0.25, 0.3) is 0 Å². The summed E-state index contributed by atoms with van der Waals surface area (Å²) in [5.41, 5.74) is 5.53. The first-order valence-electron chi connectivity index (χ1n) is 7.43. The Morgan fingerprint density at radius 1 is 1.32 bits per heavy atom. The van der Waals surface area contributed by atoms with Crippen molar-refractivity contribution in [2.75, 3.05) is 13.1 Å². The van der Waals surface area contributed by atoms with Gasteiger partial charge < -0.3 is 16.0 Å². The Bertz CT molecular complexity index is 351. The number of likely N-dealkylation sites (tertiary alicyclic amines) is 1. The minimum Gasteiger partial charge on any atom is -0.350 e. The summed E-state index contributed by atoms with van der Waals surface area (Å²) in [5, 5.41) is 3.04. The van der Waals surface area contributed by atoms with Crippen LogP contribution in [-0.2, 0) is 9.59 Å². The standard InChI is InChI=1S/C14H25N3O2/c1-2-12(18)17-9-6-11(10-17)16-13(19)14(15)7-4-3-5-8-14/h11H,2-10,15H2,1H3,(H,16,19). The van der Waals surface area contributed by atoms with Gasteiger partial charge in [-0.1, -0.05) is 26.2 Å². The van der Waals surface area contributed by atoms with Gasteiger partial charge in [0.25, 0.3) is 0 Å². The van der Waals surface area contributed by atoms with E-state index in [-0.39, 0.29) is 17.9 Å². The zero-order valence-electron chi connectivity index (χ0n) is 11.8. The predicted molar refractivity (Wildman–Crippen MR) is 73.4 cm³/mol. The average molecular weight is 267 g/mol. The lowest BCUT2D eigenvalue weighted by Gasteiger charge is -2.33. The molecule has 1 saturated carbocycles. The van der Waals surface area contributed by atoms with E-state index in [9.17, 15) is 9.59 Å². The molecule has 1 heterocycles. The van der Waals surface area contributed by atoms with Crippen molar-refractivity contribution in [3.05, 3.63) is 0 Å². The zero-order valence-corrected chi connectivity index (χ0v) is 11.8. The Balaban J connectivity index is 1.85. The maximum absolute atomic E-state index is 12.3. The number of hydrogen-bond donors (Lipinski definition) is 2. The molecular formula is C14H25N3O2. The molecular weight excluding hydrogens is 242 g/mol. The van der Waals surface area contributed by atoms with E-state index in [0.717, 1.165) is 38.6 Å². The molecule has 5 heteroatoms. The highest BCUT2D eigenvalue weighted by molar-refractivity contribution is 5.86. The fourth-order valence-corrected chi connectivity index (χ4v) is 3.07. The van der Waals surface area contributed by atoms with Gasteiger partial charge in [-0.25, -0.2) is 0 Å². The third-order valence-electron chi connectivity index (χ3n) is 4.38. The highest BCUT2D eigenvalue weighted by atomic mass is 16.2. The normalized spacial score (nSPS) is 26.2. The molecule has 0 aromatic heterocycles. The summed E-state index contributed by atoms with van der Waals surface area (Å²) in [6.45, 7) is 3.24. The summed E-state index contributed by atoms with van der Waals surface area (Å²) in [6, 6.07) is 0.0744. The summed E-state index contributed by atoms with van der Waals surface area (Å²) in [6.07, 6.45) is 6.18. The monoisotopic (exact) mass is 267 g/mol. The number of carbonyl (C=O) groups excluding carboxylic acids is 2. The molecule has 108 valence electrons. The molecule has 2 aliphatic rings. The third-order valence-corrected chi connectivity index (χ3v) is 4.38. The molecule has 1 aliphatic heterocycles. The number of rotatable bonds is 3. The SMILES string of the molecule is CCC(=O)N1CCC(NC(=O)C2(N)CCCCC2)C1. The summed E-state index contributed by atoms with van der Waals surface area (Å²) >= 11 is 0. The number of amides is 2. The van der Waals surface area contributed by atoms with E-state index in [4.69, 9.17) is 5.73 Å². The van der Waals surface area contributed by atoms with Gasteiger partial charge in [-0.15, -0.1) is 0 Å². The molecule has 3 N–H and O–H groups in total. The maximum atomic E-state index is 12.3. The Morgan fingerprint density at radius 2 is 2.00 bits per heavy atom. The van der Waals surface area contributed by atoms with Crippen molar-refractivity contribution < 1.29 is 9.59 Å². The first kappa shape index (κ1) is 14.3. The van der Waals surface area contributed by atoms with Gasteiger partial charge in [-0.2, -0.15) is 0 Å². The van der Waals surface area contributed by atoms with Crippen molar-refractivity contribution in [2.45, 2.75) is 63.5 Å². The number of hydrogen-bond acceptors (Lipinski definition) is 3. The maximum Gasteiger partial charge on any atom is 0.240 e. The minimum atomic E-state index is -0.680. The van der Waals surface area contributed by atoms with Crippen molar-refractivity contribution in [3.8, 4) is 0 Å². The molecule has 1 aliphatic carbocycles. The van der Waals surface area contributed by atoms with Crippen molar-refractivity contribution in [1.82, 2.24) is 10.2 Å². The lowest BCUT2D eigenvalue weighted by molar-refractivity contribution is -0.131. The smallest absolute Gasteiger partial charge is 0.240 e. The number of nitrogens with two attached hydrogens (primary N) is 1. The molecule has 19 heavy (non-hydrogen) atoms. The molecule has 2 amide bonds. The first-order chi connectivity index (χ1) is 9.05. The van der Waals surface area contributed by atoms with Crippen molar-refractivity contribution in [2.24, 2.45) is 5.73 Å². The highest BCUT2D eigenvalue weighted by Gasteiger charge is 2.37. The largest absolute Gasteiger partial charge is 0.350 e. The second-order valence-electron chi connectivity index (χ2n) is 5.87. The lowest BCUT2D eigenvalue weighted by atomic mass is 9.82. The average Bonchev–Trinajstić information content (AvgIpc) is 2.87. The molecule has 1 atom stereocenters. The van der Waals surface area contributed by atoms with Crippen LogP contribution in [-0.4, -0.2) is 41.4 Å². The molecule has 1 unspecified atom stereocenters. The highest BCUT2D eigenvalue weighted by Crippen LogP contribution is 2.26. The van der Waals surface area contributed by atoms with Crippen molar-refractivity contribution in [3.63, 3.8) is 0 Å². The van der Waals surface area contributed by atoms with Gasteiger partial charge in [0, 0.05) is 25.6 Å². The summed E-state index contributed by atoms with van der Waals surface area (Å²) in [4.78, 5) is 25.7. The van der Waals surface area contributed by atoms with Crippen molar-refractivity contribution in [1.29, 1.82) is 0 Å². The summed E-state index contributed by atoms with van der Waals surface area (Å²) < 4.78 is 0. The van der Waals surface area contributed by atoms with Crippen LogP contribution in [0, 0.1) is 0 Å². The molecule has 0 radical (unpaired) electrons. The molecule has 0 spiro atoms. The number of carbonyl (C=O) groups is 2. The van der Waals surface area contributed by atoms with Gasteiger partial charge in [-0.3, -0.25) is 9.59 Å². The van der Waals surface area contributed by atoms with Crippen LogP contribution in [0.4, 0.5) is 0 Å². The summed E-state index contributed by atoms with van der Waals surface area (Å²) in [5.74, 6) is 0.139. The van der Waals surface area contributed by atoms with Gasteiger partial charge in [0.1, 0.15) is 0 Å². The van der Waals surface area contributed by atoms with Crippen LogP contribution in [0.5, 0.6) is 0 Å². The van der Waals surface area contributed by atoms with Gasteiger partial charge in [0.2, 0.25) is 11.8 Å². The molecule has 0 aromatic carbocycles. The van der Waals surface area contributed by atoms with Crippen LogP contribution >= 0.6 is 0 Å². The van der Waals surface area contributed by atoms with Crippen LogP contribution in [0.3, 0.4) is 0 Å². The molecule has 1 saturated heterocycles. The van der Waals surface area contributed by atoms with Gasteiger partial charge in [0.05, 0.1) is 5.54 Å². The first-order valence-corrected chi connectivity index (χ1v) is 7.43.